The lowest BCUT2D eigenvalue weighted by molar-refractivity contribution is -0.143. The second kappa shape index (κ2) is 17.3. The van der Waals surface area contributed by atoms with E-state index in [2.05, 4.69) is 31.6 Å². The third-order valence-electron chi connectivity index (χ3n) is 7.56. The molecule has 0 aliphatic carbocycles. The third-order valence-corrected chi connectivity index (χ3v) is 7.56. The van der Waals surface area contributed by atoms with E-state index in [0.717, 1.165) is 0 Å². The molecule has 0 aromatic rings. The first-order valence-electron chi connectivity index (χ1n) is 15.3. The highest BCUT2D eigenvalue weighted by atomic mass is 16.4. The minimum atomic E-state index is -1.70. The van der Waals surface area contributed by atoms with Gasteiger partial charge in [-0.25, -0.2) is 0 Å². The molecular weight excluding hydrogens is 606 g/mol. The summed E-state index contributed by atoms with van der Waals surface area (Å²) in [6, 6.07) is -7.92. The summed E-state index contributed by atoms with van der Waals surface area (Å²) in [5, 5.41) is 32.0. The van der Waals surface area contributed by atoms with Gasteiger partial charge >= 0.3 is 5.97 Å². The number of carboxylic acids is 1. The summed E-state index contributed by atoms with van der Waals surface area (Å²) in [6.45, 7) is 6.47. The van der Waals surface area contributed by atoms with Crippen LogP contribution in [0.3, 0.4) is 0 Å². The number of aliphatic carboxylic acids is 1. The standard InChI is InChI=1S/C28H47N9O9/c1-13(2)11-17-23(42)35-18(12-20(39)40)24(43)36-21(15(4)38)26(45)32-14(3)27(46)37-10-6-8-19(37)25(44)33-16(22(41)34-17)7-5-9-31-28(29)30/h13-19,21,38H,5-12H2,1-4H3,(H,32,45)(H,33,44)(H,34,41)(H,35,42)(H,36,43)(H,39,40)(H4,29,30,31)/t14-,15-,16-,17+,18-,19-,21+/m1/s1. The summed E-state index contributed by atoms with van der Waals surface area (Å²) in [5.41, 5.74) is 10.8. The van der Waals surface area contributed by atoms with E-state index in [1.807, 2.05) is 0 Å². The number of aliphatic hydroxyl groups is 1. The highest BCUT2D eigenvalue weighted by molar-refractivity contribution is 5.99. The number of amides is 6. The number of aliphatic hydroxyl groups excluding tert-OH is 1. The van der Waals surface area contributed by atoms with Crippen molar-refractivity contribution in [1.29, 1.82) is 0 Å². The first-order valence-corrected chi connectivity index (χ1v) is 15.3. The molecule has 2 fully saturated rings. The first-order chi connectivity index (χ1) is 21.5. The van der Waals surface area contributed by atoms with E-state index in [1.54, 1.807) is 13.8 Å². The van der Waals surface area contributed by atoms with Crippen LogP contribution in [0.15, 0.2) is 4.99 Å². The van der Waals surface area contributed by atoms with Crippen LogP contribution in [-0.4, -0.2) is 118 Å². The third kappa shape index (κ3) is 11.1. The largest absolute Gasteiger partial charge is 0.481 e. The molecule has 18 heteroatoms. The molecular formula is C28H47N9O9. The molecule has 0 spiro atoms. The van der Waals surface area contributed by atoms with Crippen LogP contribution in [-0.2, 0) is 33.6 Å². The normalized spacial score (nSPS) is 27.7. The monoisotopic (exact) mass is 653 g/mol. The molecule has 7 atom stereocenters. The van der Waals surface area contributed by atoms with E-state index in [-0.39, 0.29) is 50.7 Å². The zero-order chi connectivity index (χ0) is 34.7. The molecule has 2 aliphatic rings. The van der Waals surface area contributed by atoms with Crippen LogP contribution < -0.4 is 38.1 Å². The molecule has 18 nitrogen and oxygen atoms in total. The summed E-state index contributed by atoms with van der Waals surface area (Å²) in [7, 11) is 0. The Hall–Kier alpha value is -4.48. The molecule has 2 aliphatic heterocycles. The fourth-order valence-corrected chi connectivity index (χ4v) is 5.25. The Morgan fingerprint density at radius 1 is 0.891 bits per heavy atom. The summed E-state index contributed by atoms with van der Waals surface area (Å²) in [5.74, 6) is -6.63. The molecule has 6 amide bonds. The number of carboxylic acid groups (broad SMARTS) is 1. The maximum absolute atomic E-state index is 13.6. The van der Waals surface area contributed by atoms with Crippen LogP contribution >= 0.6 is 0 Å². The van der Waals surface area contributed by atoms with Gasteiger partial charge in [-0.05, 0) is 51.9 Å². The van der Waals surface area contributed by atoms with Gasteiger partial charge in [0.25, 0.3) is 0 Å². The lowest BCUT2D eigenvalue weighted by atomic mass is 10.0. The SMILES string of the molecule is CC(C)C[C@@H]1NC(=O)[C@@H](CCCN=C(N)N)NC(=O)[C@H]2CCCN2C(=O)[C@@H](C)NC(=O)[C@H]([C@@H](C)O)NC(=O)[C@@H](CC(=O)O)NC1=O. The number of hydrogen-bond donors (Lipinski definition) is 9. The molecule has 46 heavy (non-hydrogen) atoms. The first kappa shape index (κ1) is 37.7. The number of fused-ring (bicyclic) bond motifs is 1. The van der Waals surface area contributed by atoms with Crippen LogP contribution in [0.2, 0.25) is 0 Å². The van der Waals surface area contributed by atoms with Crippen LogP contribution in [0.5, 0.6) is 0 Å². The lowest BCUT2D eigenvalue weighted by Gasteiger charge is -2.31. The number of nitrogens with one attached hydrogen (secondary N) is 5. The van der Waals surface area contributed by atoms with Gasteiger partial charge in [-0.2, -0.15) is 0 Å². The van der Waals surface area contributed by atoms with Crippen molar-refractivity contribution < 1.29 is 43.8 Å². The predicted octanol–water partition coefficient (Wildman–Crippen LogP) is -3.61. The maximum Gasteiger partial charge on any atom is 0.305 e. The fourth-order valence-electron chi connectivity index (χ4n) is 5.25. The molecule has 2 saturated heterocycles. The fraction of sp³-hybridized carbons (Fsp3) is 0.714. The van der Waals surface area contributed by atoms with E-state index in [0.29, 0.717) is 6.42 Å². The van der Waals surface area contributed by atoms with Crippen molar-refractivity contribution in [3.8, 4) is 0 Å². The van der Waals surface area contributed by atoms with Crippen molar-refractivity contribution in [3.63, 3.8) is 0 Å². The topological polar surface area (TPSA) is 288 Å². The van der Waals surface area contributed by atoms with E-state index < -0.39 is 90.2 Å². The van der Waals surface area contributed by atoms with Gasteiger partial charge in [0, 0.05) is 13.1 Å². The van der Waals surface area contributed by atoms with Gasteiger partial charge in [0.1, 0.15) is 36.3 Å². The maximum atomic E-state index is 13.6. The molecule has 0 radical (unpaired) electrons. The zero-order valence-corrected chi connectivity index (χ0v) is 26.6. The highest BCUT2D eigenvalue weighted by Gasteiger charge is 2.40. The number of carbonyl (C=O) groups excluding carboxylic acids is 6. The summed E-state index contributed by atoms with van der Waals surface area (Å²) in [6.07, 6.45) is -1.21. The van der Waals surface area contributed by atoms with Crippen molar-refractivity contribution >= 4 is 47.4 Å². The van der Waals surface area contributed by atoms with Gasteiger partial charge < -0.3 is 53.2 Å². The minimum absolute atomic E-state index is 0.0578. The number of nitrogens with two attached hydrogens (primary N) is 2. The number of rotatable bonds is 9. The average molecular weight is 654 g/mol. The number of carbonyl (C=O) groups is 7. The van der Waals surface area contributed by atoms with Crippen LogP contribution in [0.1, 0.15) is 66.2 Å². The van der Waals surface area contributed by atoms with Gasteiger partial charge in [-0.15, -0.1) is 0 Å². The molecule has 0 saturated carbocycles. The van der Waals surface area contributed by atoms with E-state index in [9.17, 15) is 43.8 Å². The van der Waals surface area contributed by atoms with Crippen LogP contribution in [0.4, 0.5) is 0 Å². The molecule has 2 rings (SSSR count). The Bertz CT molecular complexity index is 1190. The minimum Gasteiger partial charge on any atom is -0.481 e. The summed E-state index contributed by atoms with van der Waals surface area (Å²) in [4.78, 5) is 97.0. The van der Waals surface area contributed by atoms with Crippen molar-refractivity contribution in [3.05, 3.63) is 0 Å². The summed E-state index contributed by atoms with van der Waals surface area (Å²) >= 11 is 0. The van der Waals surface area contributed by atoms with Crippen molar-refractivity contribution in [2.24, 2.45) is 22.4 Å². The van der Waals surface area contributed by atoms with Crippen LogP contribution in [0.25, 0.3) is 0 Å². The number of guanidine groups is 1. The molecule has 0 aromatic heterocycles. The van der Waals surface area contributed by atoms with Gasteiger partial charge in [0.05, 0.1) is 12.5 Å². The predicted molar refractivity (Wildman–Crippen MR) is 163 cm³/mol. The Labute approximate surface area is 266 Å². The number of nitrogens with zero attached hydrogens (tertiary/aromatic N) is 2. The van der Waals surface area contributed by atoms with Gasteiger partial charge in [-0.1, -0.05) is 13.8 Å². The summed E-state index contributed by atoms with van der Waals surface area (Å²) < 4.78 is 0. The molecule has 0 aromatic carbocycles. The molecule has 11 N–H and O–H groups in total. The number of aliphatic imine (C=N–C) groups is 1. The Morgan fingerprint density at radius 3 is 2.07 bits per heavy atom. The van der Waals surface area contributed by atoms with Gasteiger partial charge in [0.2, 0.25) is 35.4 Å². The second-order valence-corrected chi connectivity index (χ2v) is 12.0. The van der Waals surface area contributed by atoms with Gasteiger partial charge in [0.15, 0.2) is 5.96 Å². The quantitative estimate of drug-likeness (QED) is 0.0665. The average Bonchev–Trinajstić information content (AvgIpc) is 3.44. The highest BCUT2D eigenvalue weighted by Crippen LogP contribution is 2.19. The zero-order valence-electron chi connectivity index (χ0n) is 26.6. The van der Waals surface area contributed by atoms with E-state index in [1.165, 1.54) is 18.7 Å². The molecule has 258 valence electrons. The van der Waals surface area contributed by atoms with E-state index >= 15 is 0 Å². The van der Waals surface area contributed by atoms with Crippen molar-refractivity contribution in [2.75, 3.05) is 13.1 Å². The van der Waals surface area contributed by atoms with E-state index in [4.69, 9.17) is 11.5 Å². The smallest absolute Gasteiger partial charge is 0.305 e. The van der Waals surface area contributed by atoms with Crippen molar-refractivity contribution in [2.45, 2.75) is 109 Å². The molecule has 2 heterocycles. The molecule has 0 unspecified atom stereocenters. The molecule has 0 bridgehead atoms. The second-order valence-electron chi connectivity index (χ2n) is 12.0. The van der Waals surface area contributed by atoms with Gasteiger partial charge in [-0.3, -0.25) is 38.6 Å². The Kier molecular flexibility index (Phi) is 14.2. The number of hydrogen-bond acceptors (Lipinski definition) is 9. The lowest BCUT2D eigenvalue weighted by Crippen LogP contribution is -2.62. The van der Waals surface area contributed by atoms with Crippen LogP contribution in [0, 0.1) is 5.92 Å². The van der Waals surface area contributed by atoms with Crippen molar-refractivity contribution in [1.82, 2.24) is 31.5 Å². The Balaban J connectivity index is 2.54. The Morgan fingerprint density at radius 2 is 1.48 bits per heavy atom.